The van der Waals surface area contributed by atoms with Gasteiger partial charge in [-0.1, -0.05) is 43.7 Å². The summed E-state index contributed by atoms with van der Waals surface area (Å²) in [5.74, 6) is -1.28. The largest absolute Gasteiger partial charge is 0.503 e. The Bertz CT molecular complexity index is 920. The van der Waals surface area contributed by atoms with E-state index in [0.717, 1.165) is 12.0 Å². The number of cyclic esters (lactones) is 1. The SMILES string of the molecule is COc1ccnc(C(=O)N[C@H]2CCC[C@H](C)[C@@H](OCc3ccccc3)[C@H](C)OC2=O)c1O. The van der Waals surface area contributed by atoms with Gasteiger partial charge in [-0.25, -0.2) is 9.78 Å². The molecule has 0 spiro atoms. The molecule has 1 aliphatic rings. The summed E-state index contributed by atoms with van der Waals surface area (Å²) in [7, 11) is 1.38. The van der Waals surface area contributed by atoms with Gasteiger partial charge in [0.15, 0.2) is 17.2 Å². The lowest BCUT2D eigenvalue weighted by atomic mass is 9.94. The Morgan fingerprint density at radius 1 is 1.22 bits per heavy atom. The number of nitrogens with zero attached hydrogens (tertiary/aromatic N) is 1. The van der Waals surface area contributed by atoms with Crippen LogP contribution in [0.15, 0.2) is 42.6 Å². The Kier molecular flexibility index (Phi) is 8.05. The Labute approximate surface area is 187 Å². The summed E-state index contributed by atoms with van der Waals surface area (Å²) in [6.45, 7) is 4.32. The molecule has 8 heteroatoms. The molecule has 3 rings (SSSR count). The van der Waals surface area contributed by atoms with E-state index in [1.165, 1.54) is 19.4 Å². The topological polar surface area (TPSA) is 107 Å². The molecule has 1 saturated heterocycles. The number of rotatable bonds is 6. The number of carbonyl (C=O) groups excluding carboxylic acids is 2. The normalized spacial score (nSPS) is 23.9. The van der Waals surface area contributed by atoms with Crippen molar-refractivity contribution in [2.24, 2.45) is 5.92 Å². The molecule has 1 aromatic heterocycles. The lowest BCUT2D eigenvalue weighted by Gasteiger charge is -2.29. The van der Waals surface area contributed by atoms with Crippen LogP contribution in [0.4, 0.5) is 0 Å². The van der Waals surface area contributed by atoms with E-state index in [1.807, 2.05) is 37.3 Å². The third-order valence-electron chi connectivity index (χ3n) is 5.68. The minimum Gasteiger partial charge on any atom is -0.503 e. The van der Waals surface area contributed by atoms with E-state index in [4.69, 9.17) is 14.2 Å². The molecule has 0 bridgehead atoms. The average molecular weight is 443 g/mol. The molecule has 0 radical (unpaired) electrons. The second kappa shape index (κ2) is 10.9. The molecule has 2 heterocycles. The second-order valence-electron chi connectivity index (χ2n) is 8.05. The Hall–Kier alpha value is -3.13. The fraction of sp³-hybridized carbons (Fsp3) is 0.458. The van der Waals surface area contributed by atoms with E-state index in [1.54, 1.807) is 0 Å². The van der Waals surface area contributed by atoms with E-state index in [2.05, 4.69) is 17.2 Å². The third kappa shape index (κ3) is 5.76. The number of hydrogen-bond acceptors (Lipinski definition) is 7. The predicted octanol–water partition coefficient (Wildman–Crippen LogP) is 3.23. The zero-order chi connectivity index (χ0) is 23.1. The molecular formula is C24H30N2O6. The highest BCUT2D eigenvalue weighted by Gasteiger charge is 2.33. The lowest BCUT2D eigenvalue weighted by Crippen LogP contribution is -2.44. The van der Waals surface area contributed by atoms with Crippen molar-refractivity contribution < 1.29 is 28.9 Å². The smallest absolute Gasteiger partial charge is 0.329 e. The molecule has 0 saturated carbocycles. The molecule has 4 atom stereocenters. The minimum absolute atomic E-state index is 0.128. The molecule has 0 aliphatic carbocycles. The number of hydrogen-bond donors (Lipinski definition) is 2. The molecule has 2 N–H and O–H groups in total. The van der Waals surface area contributed by atoms with Crippen LogP contribution in [0.5, 0.6) is 11.5 Å². The van der Waals surface area contributed by atoms with Crippen molar-refractivity contribution in [2.75, 3.05) is 7.11 Å². The number of aromatic hydroxyl groups is 1. The van der Waals surface area contributed by atoms with Crippen molar-refractivity contribution >= 4 is 11.9 Å². The Morgan fingerprint density at radius 2 is 1.97 bits per heavy atom. The molecule has 1 aromatic carbocycles. The van der Waals surface area contributed by atoms with Crippen molar-refractivity contribution in [1.29, 1.82) is 0 Å². The molecule has 8 nitrogen and oxygen atoms in total. The first-order valence-electron chi connectivity index (χ1n) is 10.8. The minimum atomic E-state index is -0.850. The summed E-state index contributed by atoms with van der Waals surface area (Å²) in [6.07, 6.45) is 2.54. The van der Waals surface area contributed by atoms with Crippen LogP contribution in [-0.2, 0) is 20.9 Å². The fourth-order valence-electron chi connectivity index (χ4n) is 3.91. The highest BCUT2D eigenvalue weighted by molar-refractivity contribution is 5.97. The van der Waals surface area contributed by atoms with E-state index in [0.29, 0.717) is 19.4 Å². The van der Waals surface area contributed by atoms with Crippen molar-refractivity contribution in [2.45, 2.75) is 58.0 Å². The maximum absolute atomic E-state index is 12.8. The summed E-state index contributed by atoms with van der Waals surface area (Å²) in [5.41, 5.74) is 0.844. The average Bonchev–Trinajstić information content (AvgIpc) is 2.83. The van der Waals surface area contributed by atoms with Gasteiger partial charge in [-0.05, 0) is 31.2 Å². The number of esters is 1. The number of methoxy groups -OCH3 is 1. The van der Waals surface area contributed by atoms with Crippen LogP contribution in [0.2, 0.25) is 0 Å². The molecule has 32 heavy (non-hydrogen) atoms. The summed E-state index contributed by atoms with van der Waals surface area (Å²) in [4.78, 5) is 29.4. The van der Waals surface area contributed by atoms with Crippen LogP contribution in [0.1, 0.15) is 49.2 Å². The maximum atomic E-state index is 12.8. The number of amides is 1. The van der Waals surface area contributed by atoms with Gasteiger partial charge in [0, 0.05) is 12.3 Å². The van der Waals surface area contributed by atoms with Crippen molar-refractivity contribution in [3.8, 4) is 11.5 Å². The van der Waals surface area contributed by atoms with Gasteiger partial charge in [-0.3, -0.25) is 4.79 Å². The number of benzene rings is 1. The number of carbonyl (C=O) groups is 2. The van der Waals surface area contributed by atoms with Crippen LogP contribution in [0.3, 0.4) is 0 Å². The van der Waals surface area contributed by atoms with Gasteiger partial charge in [-0.2, -0.15) is 0 Å². The zero-order valence-corrected chi connectivity index (χ0v) is 18.6. The fourth-order valence-corrected chi connectivity index (χ4v) is 3.91. The molecule has 172 valence electrons. The maximum Gasteiger partial charge on any atom is 0.329 e. The Morgan fingerprint density at radius 3 is 2.69 bits per heavy atom. The lowest BCUT2D eigenvalue weighted by molar-refractivity contribution is -0.161. The molecule has 2 aromatic rings. The molecule has 1 fully saturated rings. The first-order valence-corrected chi connectivity index (χ1v) is 10.8. The van der Waals surface area contributed by atoms with Crippen LogP contribution >= 0.6 is 0 Å². The first kappa shape index (κ1) is 23.5. The number of nitrogens with one attached hydrogen (secondary N) is 1. The van der Waals surface area contributed by atoms with Crippen LogP contribution < -0.4 is 10.1 Å². The highest BCUT2D eigenvalue weighted by atomic mass is 16.6. The van der Waals surface area contributed by atoms with E-state index in [-0.39, 0.29) is 29.2 Å². The first-order chi connectivity index (χ1) is 15.4. The van der Waals surface area contributed by atoms with Gasteiger partial charge >= 0.3 is 5.97 Å². The van der Waals surface area contributed by atoms with Gasteiger partial charge in [0.1, 0.15) is 12.1 Å². The second-order valence-corrected chi connectivity index (χ2v) is 8.05. The summed E-state index contributed by atoms with van der Waals surface area (Å²) < 4.78 is 16.8. The quantitative estimate of drug-likeness (QED) is 0.662. The number of pyridine rings is 1. The summed E-state index contributed by atoms with van der Waals surface area (Å²) >= 11 is 0. The van der Waals surface area contributed by atoms with Crippen molar-refractivity contribution in [1.82, 2.24) is 10.3 Å². The number of aromatic nitrogens is 1. The van der Waals surface area contributed by atoms with Gasteiger partial charge in [0.25, 0.3) is 5.91 Å². The van der Waals surface area contributed by atoms with Gasteiger partial charge in [0.2, 0.25) is 0 Å². The molecular weight excluding hydrogens is 412 g/mol. The van der Waals surface area contributed by atoms with Gasteiger partial charge in [-0.15, -0.1) is 0 Å². The monoisotopic (exact) mass is 442 g/mol. The van der Waals surface area contributed by atoms with Crippen molar-refractivity contribution in [3.05, 3.63) is 53.9 Å². The van der Waals surface area contributed by atoms with Gasteiger partial charge in [0.05, 0.1) is 19.8 Å². The number of ether oxygens (including phenoxy) is 3. The summed E-state index contributed by atoms with van der Waals surface area (Å²) in [5, 5.41) is 12.8. The Balaban J connectivity index is 1.67. The standard InChI is InChI=1S/C24H30N2O6/c1-15-8-7-11-18(26-23(28)20-21(27)19(30-3)12-13-25-20)24(29)32-16(2)22(15)31-14-17-9-5-4-6-10-17/h4-6,9-10,12-13,15-16,18,22,27H,7-8,11,14H2,1-3H3,(H,26,28)/t15-,16-,18-,22+/m0/s1. The van der Waals surface area contributed by atoms with Crippen LogP contribution in [0.25, 0.3) is 0 Å². The predicted molar refractivity (Wildman–Crippen MR) is 117 cm³/mol. The van der Waals surface area contributed by atoms with Crippen LogP contribution in [-0.4, -0.2) is 47.3 Å². The third-order valence-corrected chi connectivity index (χ3v) is 5.68. The molecule has 1 amide bonds. The van der Waals surface area contributed by atoms with Gasteiger partial charge < -0.3 is 24.6 Å². The highest BCUT2D eigenvalue weighted by Crippen LogP contribution is 2.28. The molecule has 0 unspecified atom stereocenters. The van der Waals surface area contributed by atoms with Crippen molar-refractivity contribution in [3.63, 3.8) is 0 Å². The van der Waals surface area contributed by atoms with E-state index >= 15 is 0 Å². The molecule has 1 aliphatic heterocycles. The zero-order valence-electron chi connectivity index (χ0n) is 18.6. The van der Waals surface area contributed by atoms with E-state index in [9.17, 15) is 14.7 Å². The van der Waals surface area contributed by atoms with E-state index < -0.39 is 24.0 Å². The summed E-state index contributed by atoms with van der Waals surface area (Å²) in [6, 6.07) is 10.4. The van der Waals surface area contributed by atoms with Crippen LogP contribution in [0, 0.1) is 5.92 Å².